The number of nitrogens with one attached hydrogen (secondary N) is 2. The number of hydrogen-bond acceptors (Lipinski definition) is 3. The summed E-state index contributed by atoms with van der Waals surface area (Å²) < 4.78 is 54.8. The minimum absolute atomic E-state index is 0.114. The Labute approximate surface area is 171 Å². The molecule has 1 aromatic carbocycles. The van der Waals surface area contributed by atoms with Crippen molar-refractivity contribution < 1.29 is 31.9 Å². The number of carbonyl (C=O) groups excluding carboxylic acids is 2. The van der Waals surface area contributed by atoms with Gasteiger partial charge in [-0.2, -0.15) is 0 Å². The summed E-state index contributed by atoms with van der Waals surface area (Å²) in [5.41, 5.74) is -0.122. The number of rotatable bonds is 5. The van der Waals surface area contributed by atoms with Crippen molar-refractivity contribution in [2.24, 2.45) is 0 Å². The first-order valence-electron chi connectivity index (χ1n) is 9.75. The topological polar surface area (TPSA) is 73.9 Å². The van der Waals surface area contributed by atoms with E-state index in [0.717, 1.165) is 37.5 Å². The molecule has 7 nitrogen and oxygen atoms in total. The number of nitrogens with zero attached hydrogens (tertiary/aromatic N) is 2. The lowest BCUT2D eigenvalue weighted by atomic mass is 10.0. The van der Waals surface area contributed by atoms with Gasteiger partial charge in [0.15, 0.2) is 0 Å². The van der Waals surface area contributed by atoms with Crippen LogP contribution in [0.1, 0.15) is 31.2 Å². The molecule has 0 unspecified atom stereocenters. The molecule has 1 atom stereocenters. The molecule has 1 aliphatic heterocycles. The smallest absolute Gasteiger partial charge is 0.406 e. The SMILES string of the molecule is CNC(=O)N(C1CC1)[C@@H]1CCCN(C(=O)NCc2cc(OC(F)(F)F)ccc2F)C1. The van der Waals surface area contributed by atoms with Gasteiger partial charge in [0.05, 0.1) is 6.04 Å². The van der Waals surface area contributed by atoms with E-state index in [4.69, 9.17) is 0 Å². The lowest BCUT2D eigenvalue weighted by Crippen LogP contribution is -2.55. The van der Waals surface area contributed by atoms with Crippen molar-refractivity contribution in [2.75, 3.05) is 20.1 Å². The Kier molecular flexibility index (Phi) is 6.57. The maximum atomic E-state index is 13.9. The highest BCUT2D eigenvalue weighted by atomic mass is 19.4. The van der Waals surface area contributed by atoms with Gasteiger partial charge in [0.2, 0.25) is 0 Å². The predicted molar refractivity (Wildman–Crippen MR) is 99.2 cm³/mol. The molecule has 0 radical (unpaired) electrons. The first kappa shape index (κ1) is 22.0. The number of amides is 4. The van der Waals surface area contributed by atoms with Crippen LogP contribution in [0.15, 0.2) is 18.2 Å². The zero-order valence-electron chi connectivity index (χ0n) is 16.5. The van der Waals surface area contributed by atoms with E-state index in [2.05, 4.69) is 15.4 Å². The molecule has 0 aromatic heterocycles. The average molecular weight is 432 g/mol. The lowest BCUT2D eigenvalue weighted by Gasteiger charge is -2.39. The summed E-state index contributed by atoms with van der Waals surface area (Å²) in [4.78, 5) is 28.1. The molecule has 1 saturated heterocycles. The van der Waals surface area contributed by atoms with Crippen molar-refractivity contribution in [3.63, 3.8) is 0 Å². The molecule has 0 bridgehead atoms. The van der Waals surface area contributed by atoms with E-state index in [9.17, 15) is 27.2 Å². The van der Waals surface area contributed by atoms with Gasteiger partial charge in [-0.25, -0.2) is 14.0 Å². The van der Waals surface area contributed by atoms with Crippen LogP contribution in [-0.4, -0.2) is 60.4 Å². The quantitative estimate of drug-likeness (QED) is 0.702. The lowest BCUT2D eigenvalue weighted by molar-refractivity contribution is -0.274. The first-order chi connectivity index (χ1) is 14.2. The normalized spacial score (nSPS) is 19.2. The standard InChI is InChI=1S/C19H24F4N4O3/c1-24-17(28)27(13-4-5-13)14-3-2-8-26(11-14)18(29)25-10-12-9-15(6-7-16(12)20)30-19(21,22)23/h6-7,9,13-14H,2-5,8,10-11H2,1H3,(H,24,28)(H,25,29)/t14-/m1/s1. The zero-order valence-corrected chi connectivity index (χ0v) is 16.5. The molecule has 11 heteroatoms. The number of benzene rings is 1. The minimum Gasteiger partial charge on any atom is -0.406 e. The van der Waals surface area contributed by atoms with Crippen molar-refractivity contribution in [3.05, 3.63) is 29.6 Å². The molecule has 3 rings (SSSR count). The Balaban J connectivity index is 1.59. The van der Waals surface area contributed by atoms with Crippen LogP contribution >= 0.6 is 0 Å². The Bertz CT molecular complexity index is 786. The van der Waals surface area contributed by atoms with Gasteiger partial charge in [-0.05, 0) is 43.9 Å². The second kappa shape index (κ2) is 8.97. The van der Waals surface area contributed by atoms with Crippen LogP contribution in [0.2, 0.25) is 0 Å². The van der Waals surface area contributed by atoms with Gasteiger partial charge in [-0.15, -0.1) is 13.2 Å². The van der Waals surface area contributed by atoms with Crippen LogP contribution in [0.5, 0.6) is 5.75 Å². The van der Waals surface area contributed by atoms with Gasteiger partial charge in [0.1, 0.15) is 11.6 Å². The maximum absolute atomic E-state index is 13.9. The summed E-state index contributed by atoms with van der Waals surface area (Å²) in [7, 11) is 1.57. The summed E-state index contributed by atoms with van der Waals surface area (Å²) in [6.07, 6.45) is -1.53. The van der Waals surface area contributed by atoms with Crippen molar-refractivity contribution in [1.82, 2.24) is 20.4 Å². The Hall–Kier alpha value is -2.72. The molecular formula is C19H24F4N4O3. The number of carbonyl (C=O) groups is 2. The highest BCUT2D eigenvalue weighted by Crippen LogP contribution is 2.31. The molecule has 4 amide bonds. The second-order valence-electron chi connectivity index (χ2n) is 7.40. The second-order valence-corrected chi connectivity index (χ2v) is 7.40. The fraction of sp³-hybridized carbons (Fsp3) is 0.579. The Morgan fingerprint density at radius 1 is 1.23 bits per heavy atom. The molecule has 166 valence electrons. The Morgan fingerprint density at radius 2 is 1.97 bits per heavy atom. The van der Waals surface area contributed by atoms with Gasteiger partial charge >= 0.3 is 18.4 Å². The summed E-state index contributed by atoms with van der Waals surface area (Å²) in [5.74, 6) is -1.31. The van der Waals surface area contributed by atoms with Crippen LogP contribution in [0, 0.1) is 5.82 Å². The molecule has 1 aromatic rings. The number of likely N-dealkylation sites (tertiary alicyclic amines) is 1. The van der Waals surface area contributed by atoms with Crippen LogP contribution < -0.4 is 15.4 Å². The van der Waals surface area contributed by atoms with Crippen LogP contribution in [0.4, 0.5) is 27.2 Å². The molecule has 2 N–H and O–H groups in total. The molecule has 0 spiro atoms. The molecule has 1 aliphatic carbocycles. The fourth-order valence-corrected chi connectivity index (χ4v) is 3.64. The van der Waals surface area contributed by atoms with Gasteiger partial charge in [-0.1, -0.05) is 0 Å². The zero-order chi connectivity index (χ0) is 21.9. The number of ether oxygens (including phenoxy) is 1. The van der Waals surface area contributed by atoms with E-state index in [1.807, 2.05) is 0 Å². The molecule has 2 fully saturated rings. The summed E-state index contributed by atoms with van der Waals surface area (Å²) in [5, 5.41) is 5.17. The molecule has 30 heavy (non-hydrogen) atoms. The van der Waals surface area contributed by atoms with E-state index in [-0.39, 0.29) is 30.2 Å². The number of piperidine rings is 1. The van der Waals surface area contributed by atoms with Crippen molar-refractivity contribution >= 4 is 12.1 Å². The third kappa shape index (κ3) is 5.67. The number of urea groups is 2. The van der Waals surface area contributed by atoms with Gasteiger partial charge in [0.25, 0.3) is 0 Å². The number of hydrogen-bond donors (Lipinski definition) is 2. The Morgan fingerprint density at radius 3 is 2.60 bits per heavy atom. The van der Waals surface area contributed by atoms with Crippen LogP contribution in [-0.2, 0) is 6.54 Å². The number of alkyl halides is 3. The van der Waals surface area contributed by atoms with Gasteiger partial charge in [0, 0.05) is 38.3 Å². The minimum atomic E-state index is -4.89. The third-order valence-corrected chi connectivity index (χ3v) is 5.15. The molecule has 1 heterocycles. The van der Waals surface area contributed by atoms with E-state index in [1.54, 1.807) is 16.8 Å². The van der Waals surface area contributed by atoms with E-state index in [1.165, 1.54) is 0 Å². The van der Waals surface area contributed by atoms with Crippen LogP contribution in [0.25, 0.3) is 0 Å². The fourth-order valence-electron chi connectivity index (χ4n) is 3.64. The van der Waals surface area contributed by atoms with Crippen LogP contribution in [0.3, 0.4) is 0 Å². The van der Waals surface area contributed by atoms with E-state index < -0.39 is 24.0 Å². The molecule has 1 saturated carbocycles. The van der Waals surface area contributed by atoms with E-state index >= 15 is 0 Å². The maximum Gasteiger partial charge on any atom is 0.573 e. The van der Waals surface area contributed by atoms with Crippen molar-refractivity contribution in [3.8, 4) is 5.75 Å². The average Bonchev–Trinajstić information content (AvgIpc) is 3.52. The molecule has 2 aliphatic rings. The summed E-state index contributed by atoms with van der Waals surface area (Å²) in [6.45, 7) is 0.534. The highest BCUT2D eigenvalue weighted by Gasteiger charge is 2.39. The van der Waals surface area contributed by atoms with Crippen molar-refractivity contribution in [1.29, 1.82) is 0 Å². The first-order valence-corrected chi connectivity index (χ1v) is 9.75. The third-order valence-electron chi connectivity index (χ3n) is 5.15. The van der Waals surface area contributed by atoms with Gasteiger partial charge in [-0.3, -0.25) is 0 Å². The summed E-state index contributed by atoms with van der Waals surface area (Å²) >= 11 is 0. The monoisotopic (exact) mass is 432 g/mol. The van der Waals surface area contributed by atoms with Crippen molar-refractivity contribution in [2.45, 2.75) is 50.7 Å². The summed E-state index contributed by atoms with van der Waals surface area (Å²) in [6, 6.07) is 2.07. The highest BCUT2D eigenvalue weighted by molar-refractivity contribution is 5.76. The number of halogens is 4. The predicted octanol–water partition coefficient (Wildman–Crippen LogP) is 3.20. The van der Waals surface area contributed by atoms with E-state index in [0.29, 0.717) is 19.5 Å². The van der Waals surface area contributed by atoms with Gasteiger partial charge < -0.3 is 25.2 Å². The largest absolute Gasteiger partial charge is 0.573 e. The molecular weight excluding hydrogens is 408 g/mol.